The monoisotopic (exact) mass is 257 g/mol. The molecule has 16 heavy (non-hydrogen) atoms. The molecule has 5 nitrogen and oxygen atoms in total. The van der Waals surface area contributed by atoms with Gasteiger partial charge in [-0.25, -0.2) is 0 Å². The van der Waals surface area contributed by atoms with E-state index in [1.807, 2.05) is 26.5 Å². The smallest absolute Gasteiger partial charge is 0.207 e. The summed E-state index contributed by atoms with van der Waals surface area (Å²) in [6, 6.07) is 0. The van der Waals surface area contributed by atoms with Gasteiger partial charge in [0.1, 0.15) is 5.01 Å². The first-order chi connectivity index (χ1) is 7.63. The minimum absolute atomic E-state index is 0.491. The third-order valence-corrected chi connectivity index (χ3v) is 3.06. The molecule has 0 saturated heterocycles. The SMILES string of the molecule is CN(Cc1cnn(C)c1)Cc1nnc(Cl)s1. The van der Waals surface area contributed by atoms with Crippen LogP contribution in [0.4, 0.5) is 0 Å². The van der Waals surface area contributed by atoms with Crippen molar-refractivity contribution in [1.82, 2.24) is 24.9 Å². The molecule has 0 saturated carbocycles. The van der Waals surface area contributed by atoms with E-state index < -0.39 is 0 Å². The van der Waals surface area contributed by atoms with Crippen molar-refractivity contribution in [3.05, 3.63) is 27.4 Å². The summed E-state index contributed by atoms with van der Waals surface area (Å²) in [6.07, 6.45) is 3.87. The van der Waals surface area contributed by atoms with Gasteiger partial charge in [0, 0.05) is 25.4 Å². The summed E-state index contributed by atoms with van der Waals surface area (Å²) in [6.45, 7) is 1.59. The van der Waals surface area contributed by atoms with Crippen LogP contribution in [0.25, 0.3) is 0 Å². The van der Waals surface area contributed by atoms with Gasteiger partial charge < -0.3 is 0 Å². The Kier molecular flexibility index (Phi) is 3.52. The number of aryl methyl sites for hydroxylation is 1. The van der Waals surface area contributed by atoms with Crippen LogP contribution in [0.2, 0.25) is 4.47 Å². The van der Waals surface area contributed by atoms with Crippen molar-refractivity contribution in [3.8, 4) is 0 Å². The van der Waals surface area contributed by atoms with Crippen molar-refractivity contribution in [2.24, 2.45) is 7.05 Å². The molecule has 0 amide bonds. The molecule has 7 heteroatoms. The van der Waals surface area contributed by atoms with Crippen LogP contribution < -0.4 is 0 Å². The molecular weight excluding hydrogens is 246 g/mol. The van der Waals surface area contributed by atoms with Crippen LogP contribution in [0, 0.1) is 0 Å². The predicted molar refractivity (Wildman–Crippen MR) is 63.3 cm³/mol. The zero-order valence-corrected chi connectivity index (χ0v) is 10.7. The zero-order chi connectivity index (χ0) is 11.5. The maximum Gasteiger partial charge on any atom is 0.207 e. The molecule has 0 spiro atoms. The fourth-order valence-electron chi connectivity index (χ4n) is 1.45. The molecule has 2 rings (SSSR count). The molecule has 2 aromatic rings. The van der Waals surface area contributed by atoms with E-state index in [-0.39, 0.29) is 0 Å². The third kappa shape index (κ3) is 3.01. The highest BCUT2D eigenvalue weighted by Crippen LogP contribution is 2.16. The average molecular weight is 258 g/mol. The fraction of sp³-hybridized carbons (Fsp3) is 0.444. The molecule has 0 radical (unpaired) electrons. The van der Waals surface area contributed by atoms with Gasteiger partial charge in [0.25, 0.3) is 0 Å². The first-order valence-corrected chi connectivity index (χ1v) is 5.97. The van der Waals surface area contributed by atoms with Crippen LogP contribution in [-0.2, 0) is 20.1 Å². The van der Waals surface area contributed by atoms with Crippen LogP contribution in [0.3, 0.4) is 0 Å². The van der Waals surface area contributed by atoms with E-state index in [4.69, 9.17) is 11.6 Å². The Hall–Kier alpha value is -0.980. The molecular formula is C9H12ClN5S. The van der Waals surface area contributed by atoms with E-state index in [1.54, 1.807) is 4.68 Å². The summed E-state index contributed by atoms with van der Waals surface area (Å²) in [5.74, 6) is 0. The van der Waals surface area contributed by atoms with E-state index in [0.29, 0.717) is 4.47 Å². The maximum atomic E-state index is 5.72. The molecule has 0 bridgehead atoms. The maximum absolute atomic E-state index is 5.72. The van der Waals surface area contributed by atoms with Gasteiger partial charge in [-0.1, -0.05) is 11.3 Å². The van der Waals surface area contributed by atoms with Gasteiger partial charge in [-0.3, -0.25) is 9.58 Å². The highest BCUT2D eigenvalue weighted by atomic mass is 35.5. The van der Waals surface area contributed by atoms with Crippen molar-refractivity contribution < 1.29 is 0 Å². The second kappa shape index (κ2) is 4.90. The van der Waals surface area contributed by atoms with E-state index in [9.17, 15) is 0 Å². The molecule has 0 atom stereocenters. The molecule has 86 valence electrons. The van der Waals surface area contributed by atoms with Gasteiger partial charge >= 0.3 is 0 Å². The van der Waals surface area contributed by atoms with E-state index in [0.717, 1.165) is 18.1 Å². The molecule has 0 aliphatic heterocycles. The van der Waals surface area contributed by atoms with Crippen LogP contribution in [-0.4, -0.2) is 31.9 Å². The Balaban J connectivity index is 1.91. The Morgan fingerprint density at radius 1 is 1.44 bits per heavy atom. The van der Waals surface area contributed by atoms with E-state index in [2.05, 4.69) is 20.2 Å². The van der Waals surface area contributed by atoms with Gasteiger partial charge in [-0.2, -0.15) is 5.10 Å². The highest BCUT2D eigenvalue weighted by Gasteiger charge is 2.07. The Morgan fingerprint density at radius 3 is 2.81 bits per heavy atom. The zero-order valence-electron chi connectivity index (χ0n) is 9.09. The number of rotatable bonds is 4. The second-order valence-electron chi connectivity index (χ2n) is 3.64. The first-order valence-electron chi connectivity index (χ1n) is 4.77. The highest BCUT2D eigenvalue weighted by molar-refractivity contribution is 7.15. The standard InChI is InChI=1S/C9H12ClN5S/c1-14(4-7-3-11-15(2)5-7)6-8-12-13-9(10)16-8/h3,5H,4,6H2,1-2H3. The van der Waals surface area contributed by atoms with Crippen LogP contribution in [0.15, 0.2) is 12.4 Å². The fourth-order valence-corrected chi connectivity index (χ4v) is 2.40. The lowest BCUT2D eigenvalue weighted by Crippen LogP contribution is -2.16. The minimum Gasteiger partial charge on any atom is -0.295 e. The summed E-state index contributed by atoms with van der Waals surface area (Å²) in [4.78, 5) is 2.15. The largest absolute Gasteiger partial charge is 0.295 e. The van der Waals surface area contributed by atoms with Crippen LogP contribution in [0.1, 0.15) is 10.6 Å². The molecule has 2 aromatic heterocycles. The summed E-state index contributed by atoms with van der Waals surface area (Å²) in [5, 5.41) is 12.8. The Labute approximate surface area is 103 Å². The summed E-state index contributed by atoms with van der Waals surface area (Å²) >= 11 is 7.13. The van der Waals surface area contributed by atoms with E-state index in [1.165, 1.54) is 16.9 Å². The van der Waals surface area contributed by atoms with Crippen molar-refractivity contribution in [2.45, 2.75) is 13.1 Å². The summed E-state index contributed by atoms with van der Waals surface area (Å²) in [7, 11) is 3.94. The van der Waals surface area contributed by atoms with E-state index >= 15 is 0 Å². The molecule has 0 aromatic carbocycles. The normalized spacial score (nSPS) is 11.2. The lowest BCUT2D eigenvalue weighted by molar-refractivity contribution is 0.317. The van der Waals surface area contributed by atoms with Crippen LogP contribution >= 0.6 is 22.9 Å². The number of aromatic nitrogens is 4. The van der Waals surface area contributed by atoms with Crippen molar-refractivity contribution in [1.29, 1.82) is 0 Å². The van der Waals surface area contributed by atoms with Gasteiger partial charge in [0.05, 0.1) is 12.7 Å². The number of hydrogen-bond acceptors (Lipinski definition) is 5. The summed E-state index contributed by atoms with van der Waals surface area (Å²) < 4.78 is 2.29. The van der Waals surface area contributed by atoms with Crippen molar-refractivity contribution in [2.75, 3.05) is 7.05 Å². The predicted octanol–water partition coefficient (Wildman–Crippen LogP) is 1.56. The first kappa shape index (κ1) is 11.5. The molecule has 0 fully saturated rings. The second-order valence-corrected chi connectivity index (χ2v) is 5.29. The van der Waals surface area contributed by atoms with Gasteiger partial charge in [-0.05, 0) is 18.6 Å². The number of halogens is 1. The number of hydrogen-bond donors (Lipinski definition) is 0. The lowest BCUT2D eigenvalue weighted by Gasteiger charge is -2.12. The van der Waals surface area contributed by atoms with Gasteiger partial charge in [-0.15, -0.1) is 10.2 Å². The molecule has 0 aliphatic rings. The molecule has 0 aliphatic carbocycles. The third-order valence-electron chi connectivity index (χ3n) is 2.06. The summed E-state index contributed by atoms with van der Waals surface area (Å²) in [5.41, 5.74) is 1.18. The topological polar surface area (TPSA) is 46.8 Å². The van der Waals surface area contributed by atoms with Gasteiger partial charge in [0.2, 0.25) is 4.47 Å². The van der Waals surface area contributed by atoms with Gasteiger partial charge in [0.15, 0.2) is 0 Å². The average Bonchev–Trinajstić information content (AvgIpc) is 2.76. The van der Waals surface area contributed by atoms with Crippen LogP contribution in [0.5, 0.6) is 0 Å². The number of nitrogens with zero attached hydrogens (tertiary/aromatic N) is 5. The lowest BCUT2D eigenvalue weighted by atomic mass is 10.3. The Morgan fingerprint density at radius 2 is 2.25 bits per heavy atom. The molecule has 2 heterocycles. The Bertz CT molecular complexity index is 424. The quantitative estimate of drug-likeness (QED) is 0.834. The molecule has 0 N–H and O–H groups in total. The minimum atomic E-state index is 0.491. The van der Waals surface area contributed by atoms with Crippen molar-refractivity contribution >= 4 is 22.9 Å². The van der Waals surface area contributed by atoms with Crippen molar-refractivity contribution in [3.63, 3.8) is 0 Å². The molecule has 0 unspecified atom stereocenters.